The molecule has 2 fully saturated rings. The van der Waals surface area contributed by atoms with Gasteiger partial charge in [0.15, 0.2) is 0 Å². The Balaban J connectivity index is 1.49. The zero-order valence-electron chi connectivity index (χ0n) is 13.5. The Hall–Kier alpha value is -1.63. The monoisotopic (exact) mass is 350 g/mol. The number of likely N-dealkylation sites (tertiary alicyclic amines) is 1. The number of primary amides is 1. The number of carbonyl (C=O) groups is 2. The van der Waals surface area contributed by atoms with Crippen molar-refractivity contribution < 1.29 is 9.59 Å². The first-order valence-corrected chi connectivity index (χ1v) is 8.74. The van der Waals surface area contributed by atoms with Gasteiger partial charge in [-0.25, -0.2) is 5.43 Å². The second-order valence-corrected chi connectivity index (χ2v) is 6.98. The second kappa shape index (κ2) is 7.51. The molecule has 1 aromatic carbocycles. The molecule has 2 unspecified atom stereocenters. The van der Waals surface area contributed by atoms with Crippen molar-refractivity contribution in [3.63, 3.8) is 0 Å². The molecule has 0 radical (unpaired) electrons. The molecule has 2 aliphatic rings. The lowest BCUT2D eigenvalue weighted by atomic mass is 9.87. The van der Waals surface area contributed by atoms with E-state index in [0.717, 1.165) is 31.5 Å². The van der Waals surface area contributed by atoms with E-state index in [9.17, 15) is 9.59 Å². The maximum atomic E-state index is 12.5. The molecule has 2 saturated heterocycles. The molecule has 7 heteroatoms. The first kappa shape index (κ1) is 17.2. The van der Waals surface area contributed by atoms with Gasteiger partial charge in [-0.1, -0.05) is 29.8 Å². The predicted molar refractivity (Wildman–Crippen MR) is 92.1 cm³/mol. The number of hydrogen-bond acceptors (Lipinski definition) is 4. The molecule has 0 bridgehead atoms. The van der Waals surface area contributed by atoms with Gasteiger partial charge in [0.2, 0.25) is 11.8 Å². The summed E-state index contributed by atoms with van der Waals surface area (Å²) in [5.41, 5.74) is 12.3. The molecule has 6 nitrogen and oxygen atoms in total. The standard InChI is InChI=1S/C17H23ClN4O2/c18-13-4-2-1-3-12(13)9-16(23)22-7-5-11(6-8-22)14-10-15(17(19)24)21-20-14/h1-4,11,14-15,20-21H,5-10H2,(H2,19,24). The third kappa shape index (κ3) is 3.88. The van der Waals surface area contributed by atoms with Gasteiger partial charge in [0.25, 0.3) is 0 Å². The van der Waals surface area contributed by atoms with Gasteiger partial charge >= 0.3 is 0 Å². The van der Waals surface area contributed by atoms with Crippen molar-refractivity contribution in [2.75, 3.05) is 13.1 Å². The first-order valence-electron chi connectivity index (χ1n) is 8.36. The van der Waals surface area contributed by atoms with Crippen LogP contribution in [0.2, 0.25) is 5.02 Å². The number of rotatable bonds is 4. The van der Waals surface area contributed by atoms with Gasteiger partial charge in [-0.2, -0.15) is 0 Å². The molecule has 2 heterocycles. The largest absolute Gasteiger partial charge is 0.368 e. The number of nitrogens with two attached hydrogens (primary N) is 1. The Morgan fingerprint density at radius 3 is 2.54 bits per heavy atom. The Bertz CT molecular complexity index is 616. The van der Waals surface area contributed by atoms with Crippen LogP contribution in [-0.4, -0.2) is 41.9 Å². The molecule has 3 rings (SSSR count). The number of amides is 2. The van der Waals surface area contributed by atoms with Crippen molar-refractivity contribution in [1.29, 1.82) is 0 Å². The Morgan fingerprint density at radius 1 is 1.21 bits per heavy atom. The van der Waals surface area contributed by atoms with Crippen LogP contribution in [-0.2, 0) is 16.0 Å². The number of hydrogen-bond donors (Lipinski definition) is 3. The third-order valence-electron chi connectivity index (χ3n) is 5.04. The fraction of sp³-hybridized carbons (Fsp3) is 0.529. The van der Waals surface area contributed by atoms with Gasteiger partial charge in [-0.15, -0.1) is 0 Å². The highest BCUT2D eigenvalue weighted by molar-refractivity contribution is 6.31. The summed E-state index contributed by atoms with van der Waals surface area (Å²) in [5, 5.41) is 0.638. The fourth-order valence-electron chi connectivity index (χ4n) is 3.54. The molecule has 0 aliphatic carbocycles. The summed E-state index contributed by atoms with van der Waals surface area (Å²) in [5.74, 6) is 0.248. The number of nitrogens with one attached hydrogen (secondary N) is 2. The topological polar surface area (TPSA) is 87.5 Å². The summed E-state index contributed by atoms with van der Waals surface area (Å²) in [7, 11) is 0. The van der Waals surface area contributed by atoms with Crippen molar-refractivity contribution in [2.45, 2.75) is 37.8 Å². The third-order valence-corrected chi connectivity index (χ3v) is 5.41. The van der Waals surface area contributed by atoms with E-state index in [1.165, 1.54) is 0 Å². The van der Waals surface area contributed by atoms with Crippen LogP contribution in [0.5, 0.6) is 0 Å². The average Bonchev–Trinajstić information content (AvgIpc) is 3.07. The molecule has 2 amide bonds. The van der Waals surface area contributed by atoms with E-state index in [1.54, 1.807) is 0 Å². The van der Waals surface area contributed by atoms with E-state index in [1.807, 2.05) is 29.2 Å². The highest BCUT2D eigenvalue weighted by atomic mass is 35.5. The van der Waals surface area contributed by atoms with Crippen LogP contribution in [0, 0.1) is 5.92 Å². The summed E-state index contributed by atoms with van der Waals surface area (Å²) in [4.78, 5) is 25.6. The quantitative estimate of drug-likeness (QED) is 0.751. The molecule has 1 aromatic rings. The van der Waals surface area contributed by atoms with Gasteiger partial charge in [-0.05, 0) is 36.8 Å². The average molecular weight is 351 g/mol. The number of hydrazine groups is 1. The van der Waals surface area contributed by atoms with Gasteiger partial charge in [-0.3, -0.25) is 15.0 Å². The minimum Gasteiger partial charge on any atom is -0.368 e. The highest BCUT2D eigenvalue weighted by Gasteiger charge is 2.35. The van der Waals surface area contributed by atoms with Gasteiger partial charge in [0.1, 0.15) is 6.04 Å². The summed E-state index contributed by atoms with van der Waals surface area (Å²) in [6.07, 6.45) is 2.92. The van der Waals surface area contributed by atoms with E-state index in [4.69, 9.17) is 17.3 Å². The van der Waals surface area contributed by atoms with Gasteiger partial charge in [0.05, 0.1) is 6.42 Å². The maximum Gasteiger partial charge on any atom is 0.235 e. The second-order valence-electron chi connectivity index (χ2n) is 6.57. The minimum absolute atomic E-state index is 0.120. The number of benzene rings is 1. The van der Waals surface area contributed by atoms with Gasteiger partial charge in [0, 0.05) is 24.2 Å². The summed E-state index contributed by atoms with van der Waals surface area (Å²) in [6, 6.07) is 7.41. The number of carbonyl (C=O) groups excluding carboxylic acids is 2. The number of nitrogens with zero attached hydrogens (tertiary/aromatic N) is 1. The summed E-state index contributed by atoms with van der Waals surface area (Å²) < 4.78 is 0. The Labute approximate surface area is 146 Å². The minimum atomic E-state index is -0.322. The van der Waals surface area contributed by atoms with Crippen LogP contribution >= 0.6 is 11.6 Å². The summed E-state index contributed by atoms with van der Waals surface area (Å²) >= 11 is 6.13. The molecule has 130 valence electrons. The molecule has 4 N–H and O–H groups in total. The smallest absolute Gasteiger partial charge is 0.235 e. The number of piperidine rings is 1. The Morgan fingerprint density at radius 2 is 1.92 bits per heavy atom. The van der Waals surface area contributed by atoms with Crippen LogP contribution in [0.15, 0.2) is 24.3 Å². The maximum absolute atomic E-state index is 12.5. The van der Waals surface area contributed by atoms with E-state index in [0.29, 0.717) is 23.8 Å². The zero-order valence-corrected chi connectivity index (χ0v) is 14.3. The van der Waals surface area contributed by atoms with Crippen LogP contribution < -0.4 is 16.6 Å². The van der Waals surface area contributed by atoms with Crippen LogP contribution in [0.25, 0.3) is 0 Å². The first-order chi connectivity index (χ1) is 11.5. The lowest BCUT2D eigenvalue weighted by Gasteiger charge is -2.34. The molecule has 2 aliphatic heterocycles. The summed E-state index contributed by atoms with van der Waals surface area (Å²) in [6.45, 7) is 1.49. The van der Waals surface area contributed by atoms with Crippen molar-refractivity contribution in [3.05, 3.63) is 34.9 Å². The highest BCUT2D eigenvalue weighted by Crippen LogP contribution is 2.26. The molecule has 24 heavy (non-hydrogen) atoms. The SMILES string of the molecule is NC(=O)C1CC(C2CCN(C(=O)Cc3ccccc3Cl)CC2)NN1. The lowest BCUT2D eigenvalue weighted by Crippen LogP contribution is -2.45. The fourth-order valence-corrected chi connectivity index (χ4v) is 3.75. The van der Waals surface area contributed by atoms with Crippen molar-refractivity contribution in [1.82, 2.24) is 15.8 Å². The molecule has 0 spiro atoms. The molecular formula is C17H23ClN4O2. The Kier molecular flexibility index (Phi) is 5.38. The van der Waals surface area contributed by atoms with Gasteiger partial charge < -0.3 is 10.6 Å². The van der Waals surface area contributed by atoms with Crippen molar-refractivity contribution in [2.24, 2.45) is 11.7 Å². The van der Waals surface area contributed by atoms with Crippen LogP contribution in [0.3, 0.4) is 0 Å². The van der Waals surface area contributed by atoms with Crippen molar-refractivity contribution >= 4 is 23.4 Å². The molecular weight excluding hydrogens is 328 g/mol. The molecule has 0 aromatic heterocycles. The molecule has 2 atom stereocenters. The van der Waals surface area contributed by atoms with Crippen LogP contribution in [0.4, 0.5) is 0 Å². The van der Waals surface area contributed by atoms with E-state index in [-0.39, 0.29) is 23.9 Å². The van der Waals surface area contributed by atoms with Crippen molar-refractivity contribution in [3.8, 4) is 0 Å². The normalized spacial score (nSPS) is 25.0. The van der Waals surface area contributed by atoms with E-state index >= 15 is 0 Å². The van der Waals surface area contributed by atoms with E-state index < -0.39 is 0 Å². The number of halogens is 1. The predicted octanol–water partition coefficient (Wildman–Crippen LogP) is 0.842. The lowest BCUT2D eigenvalue weighted by molar-refractivity contribution is -0.132. The van der Waals surface area contributed by atoms with Crippen LogP contribution in [0.1, 0.15) is 24.8 Å². The van der Waals surface area contributed by atoms with E-state index in [2.05, 4.69) is 10.9 Å². The zero-order chi connectivity index (χ0) is 17.1. The molecule has 0 saturated carbocycles.